The van der Waals surface area contributed by atoms with E-state index in [0.717, 1.165) is 19.5 Å². The predicted molar refractivity (Wildman–Crippen MR) is 72.1 cm³/mol. The second-order valence-corrected chi connectivity index (χ2v) is 5.96. The fraction of sp³-hybridized carbons (Fsp3) is 0.562. The molecule has 0 heterocycles. The molecule has 3 rings (SSSR count). The van der Waals surface area contributed by atoms with E-state index in [1.54, 1.807) is 0 Å². The lowest BCUT2D eigenvalue weighted by Gasteiger charge is -2.26. The lowest BCUT2D eigenvalue weighted by atomic mass is 9.87. The Balaban J connectivity index is 1.58. The summed E-state index contributed by atoms with van der Waals surface area (Å²) in [7, 11) is 2.13. The summed E-state index contributed by atoms with van der Waals surface area (Å²) in [5.74, 6) is 1.95. The van der Waals surface area contributed by atoms with Crippen molar-refractivity contribution in [1.29, 1.82) is 0 Å². The summed E-state index contributed by atoms with van der Waals surface area (Å²) < 4.78 is 0. The fourth-order valence-corrected chi connectivity index (χ4v) is 3.71. The zero-order valence-corrected chi connectivity index (χ0v) is 11.0. The van der Waals surface area contributed by atoms with Crippen LogP contribution in [0.25, 0.3) is 0 Å². The van der Waals surface area contributed by atoms with E-state index in [-0.39, 0.29) is 0 Å². The van der Waals surface area contributed by atoms with Gasteiger partial charge in [-0.05, 0) is 37.8 Å². The van der Waals surface area contributed by atoms with Crippen LogP contribution in [-0.2, 0) is 11.3 Å². The molecule has 1 aromatic rings. The molecule has 2 heteroatoms. The third kappa shape index (κ3) is 2.22. The van der Waals surface area contributed by atoms with E-state index < -0.39 is 0 Å². The molecule has 2 bridgehead atoms. The van der Waals surface area contributed by atoms with Crippen LogP contribution in [0.2, 0.25) is 0 Å². The first kappa shape index (κ1) is 11.9. The van der Waals surface area contributed by atoms with E-state index >= 15 is 0 Å². The molecule has 1 aromatic carbocycles. The third-order valence-electron chi connectivity index (χ3n) is 4.61. The maximum atomic E-state index is 12.1. The Hall–Kier alpha value is -1.15. The quantitative estimate of drug-likeness (QED) is 0.810. The lowest BCUT2D eigenvalue weighted by Crippen LogP contribution is -2.33. The maximum Gasteiger partial charge on any atom is 0.140 e. The molecule has 0 radical (unpaired) electrons. The molecular weight excluding hydrogens is 222 g/mol. The van der Waals surface area contributed by atoms with Crippen molar-refractivity contribution in [3.63, 3.8) is 0 Å². The Bertz CT molecular complexity index is 428. The van der Waals surface area contributed by atoms with E-state index in [1.807, 2.05) is 6.07 Å². The van der Waals surface area contributed by atoms with Crippen molar-refractivity contribution < 1.29 is 4.79 Å². The van der Waals surface area contributed by atoms with Crippen molar-refractivity contribution >= 4 is 5.78 Å². The van der Waals surface area contributed by atoms with Gasteiger partial charge in [-0.3, -0.25) is 4.79 Å². The third-order valence-corrected chi connectivity index (χ3v) is 4.61. The molecule has 0 aliphatic heterocycles. The summed E-state index contributed by atoms with van der Waals surface area (Å²) in [5.41, 5.74) is 1.33. The van der Waals surface area contributed by atoms with Crippen LogP contribution in [0.1, 0.15) is 24.8 Å². The average Bonchev–Trinajstić information content (AvgIpc) is 2.94. The number of nitrogens with zero attached hydrogens (tertiary/aromatic N) is 1. The Labute approximate surface area is 109 Å². The summed E-state index contributed by atoms with van der Waals surface area (Å²) in [5, 5.41) is 0. The highest BCUT2D eigenvalue weighted by atomic mass is 16.1. The van der Waals surface area contributed by atoms with Crippen LogP contribution < -0.4 is 0 Å². The number of ketones is 1. The summed E-state index contributed by atoms with van der Waals surface area (Å²) in [6.07, 6.45) is 3.60. The highest BCUT2D eigenvalue weighted by Gasteiger charge is 2.46. The van der Waals surface area contributed by atoms with Crippen molar-refractivity contribution in [3.05, 3.63) is 35.9 Å². The van der Waals surface area contributed by atoms with Crippen LogP contribution in [0.3, 0.4) is 0 Å². The molecule has 18 heavy (non-hydrogen) atoms. The SMILES string of the molecule is CN(Cc1ccccc1)C[C@@H]1C(=O)[C@H]2CC[C@@H]1C2. The van der Waals surface area contributed by atoms with E-state index in [0.29, 0.717) is 23.5 Å². The largest absolute Gasteiger partial charge is 0.301 e. The lowest BCUT2D eigenvalue weighted by molar-refractivity contribution is -0.126. The standard InChI is InChI=1S/C16H21NO/c1-17(10-12-5-3-2-4-6-12)11-15-13-7-8-14(9-13)16(15)18/h2-6,13-15H,7-11H2,1H3/t13-,14+,15+/m1/s1. The van der Waals surface area contributed by atoms with Crippen LogP contribution in [-0.4, -0.2) is 24.3 Å². The first-order chi connectivity index (χ1) is 8.74. The summed E-state index contributed by atoms with van der Waals surface area (Å²) in [4.78, 5) is 14.4. The second-order valence-electron chi connectivity index (χ2n) is 5.96. The van der Waals surface area contributed by atoms with E-state index in [4.69, 9.17) is 0 Å². The van der Waals surface area contributed by atoms with Crippen LogP contribution in [0, 0.1) is 17.8 Å². The number of hydrogen-bond acceptors (Lipinski definition) is 2. The number of rotatable bonds is 4. The Morgan fingerprint density at radius 3 is 2.67 bits per heavy atom. The van der Waals surface area contributed by atoms with Gasteiger partial charge >= 0.3 is 0 Å². The molecule has 0 unspecified atom stereocenters. The van der Waals surface area contributed by atoms with Gasteiger partial charge in [0, 0.05) is 24.9 Å². The minimum atomic E-state index is 0.317. The number of carbonyl (C=O) groups excluding carboxylic acids is 1. The molecule has 96 valence electrons. The number of carbonyl (C=O) groups is 1. The van der Waals surface area contributed by atoms with Crippen molar-refractivity contribution in [2.24, 2.45) is 17.8 Å². The molecule has 0 N–H and O–H groups in total. The molecule has 2 fully saturated rings. The van der Waals surface area contributed by atoms with Gasteiger partial charge in [-0.2, -0.15) is 0 Å². The van der Waals surface area contributed by atoms with Gasteiger partial charge in [0.25, 0.3) is 0 Å². The number of benzene rings is 1. The molecule has 0 amide bonds. The van der Waals surface area contributed by atoms with Gasteiger partial charge in [0.05, 0.1) is 0 Å². The zero-order chi connectivity index (χ0) is 12.5. The van der Waals surface area contributed by atoms with Gasteiger partial charge in [0.2, 0.25) is 0 Å². The van der Waals surface area contributed by atoms with Crippen molar-refractivity contribution in [2.75, 3.05) is 13.6 Å². The zero-order valence-electron chi connectivity index (χ0n) is 11.0. The molecule has 0 saturated heterocycles. The van der Waals surface area contributed by atoms with Gasteiger partial charge < -0.3 is 4.90 Å². The maximum absolute atomic E-state index is 12.1. The summed E-state index contributed by atoms with van der Waals surface area (Å²) in [6.45, 7) is 1.89. The topological polar surface area (TPSA) is 20.3 Å². The van der Waals surface area contributed by atoms with Crippen LogP contribution in [0.15, 0.2) is 30.3 Å². The second kappa shape index (κ2) is 4.85. The van der Waals surface area contributed by atoms with Crippen LogP contribution in [0.4, 0.5) is 0 Å². The van der Waals surface area contributed by atoms with Crippen LogP contribution in [0.5, 0.6) is 0 Å². The van der Waals surface area contributed by atoms with Gasteiger partial charge in [0.1, 0.15) is 5.78 Å². The van der Waals surface area contributed by atoms with E-state index in [2.05, 4.69) is 36.2 Å². The number of hydrogen-bond donors (Lipinski definition) is 0. The van der Waals surface area contributed by atoms with Gasteiger partial charge in [0.15, 0.2) is 0 Å². The Morgan fingerprint density at radius 1 is 1.22 bits per heavy atom. The van der Waals surface area contributed by atoms with E-state index in [9.17, 15) is 4.79 Å². The van der Waals surface area contributed by atoms with Crippen molar-refractivity contribution in [1.82, 2.24) is 4.90 Å². The highest BCUT2D eigenvalue weighted by Crippen LogP contribution is 2.46. The van der Waals surface area contributed by atoms with Crippen molar-refractivity contribution in [3.8, 4) is 0 Å². The fourth-order valence-electron chi connectivity index (χ4n) is 3.71. The molecule has 2 nitrogen and oxygen atoms in total. The van der Waals surface area contributed by atoms with Gasteiger partial charge in [-0.25, -0.2) is 0 Å². The molecule has 2 saturated carbocycles. The molecule has 3 atom stereocenters. The smallest absolute Gasteiger partial charge is 0.140 e. The van der Waals surface area contributed by atoms with Gasteiger partial charge in [-0.1, -0.05) is 30.3 Å². The average molecular weight is 243 g/mol. The van der Waals surface area contributed by atoms with Crippen LogP contribution >= 0.6 is 0 Å². The summed E-state index contributed by atoms with van der Waals surface area (Å²) in [6, 6.07) is 10.5. The first-order valence-corrected chi connectivity index (χ1v) is 7.00. The molecule has 2 aliphatic rings. The minimum Gasteiger partial charge on any atom is -0.301 e. The minimum absolute atomic E-state index is 0.317. The normalized spacial score (nSPS) is 30.3. The Kier molecular flexibility index (Phi) is 3.21. The summed E-state index contributed by atoms with van der Waals surface area (Å²) >= 11 is 0. The van der Waals surface area contributed by atoms with E-state index in [1.165, 1.54) is 18.4 Å². The Morgan fingerprint density at radius 2 is 2.00 bits per heavy atom. The number of Topliss-reactive ketones (excluding diaryl/α,β-unsaturated/α-hetero) is 1. The molecule has 0 spiro atoms. The monoisotopic (exact) mass is 243 g/mol. The van der Waals surface area contributed by atoms with Gasteiger partial charge in [-0.15, -0.1) is 0 Å². The molecule has 0 aromatic heterocycles. The number of fused-ring (bicyclic) bond motifs is 2. The first-order valence-electron chi connectivity index (χ1n) is 7.00. The van der Waals surface area contributed by atoms with Crippen molar-refractivity contribution in [2.45, 2.75) is 25.8 Å². The molecule has 2 aliphatic carbocycles. The highest BCUT2D eigenvalue weighted by molar-refractivity contribution is 5.87. The predicted octanol–water partition coefficient (Wildman–Crippen LogP) is 2.73. The molecular formula is C16H21NO.